The highest BCUT2D eigenvalue weighted by Gasteiger charge is 2.32. The van der Waals surface area contributed by atoms with Gasteiger partial charge in [0.2, 0.25) is 5.95 Å². The predicted molar refractivity (Wildman–Crippen MR) is 78.4 cm³/mol. The molecule has 3 rings (SSSR count). The Labute approximate surface area is 121 Å². The van der Waals surface area contributed by atoms with Gasteiger partial charge in [-0.05, 0) is 18.9 Å². The van der Waals surface area contributed by atoms with Crippen molar-refractivity contribution < 1.29 is 5.11 Å². The topological polar surface area (TPSA) is 87.8 Å². The fourth-order valence-corrected chi connectivity index (χ4v) is 2.78. The number of halogens is 1. The highest BCUT2D eigenvalue weighted by molar-refractivity contribution is 6.29. The van der Waals surface area contributed by atoms with Crippen molar-refractivity contribution in [2.45, 2.75) is 18.3 Å². The molecule has 0 spiro atoms. The van der Waals surface area contributed by atoms with Crippen LogP contribution >= 0.6 is 11.6 Å². The van der Waals surface area contributed by atoms with E-state index < -0.39 is 0 Å². The number of anilines is 1. The average Bonchev–Trinajstić information content (AvgIpc) is 3.07. The third-order valence-electron chi connectivity index (χ3n) is 3.70. The molecule has 0 saturated heterocycles. The first-order chi connectivity index (χ1) is 9.63. The molecular weight excluding hydrogens is 276 g/mol. The lowest BCUT2D eigenvalue weighted by molar-refractivity contribution is 0.220. The van der Waals surface area contributed by atoms with E-state index in [0.29, 0.717) is 10.8 Å². The maximum absolute atomic E-state index is 9.70. The van der Waals surface area contributed by atoms with E-state index in [2.05, 4.69) is 27.1 Å². The van der Waals surface area contributed by atoms with Crippen LogP contribution in [0.3, 0.4) is 0 Å². The van der Waals surface area contributed by atoms with Crippen LogP contribution in [0.1, 0.15) is 18.5 Å². The average molecular weight is 291 g/mol. The number of nitrogens with zero attached hydrogens (tertiary/aromatic N) is 2. The van der Waals surface area contributed by atoms with Gasteiger partial charge in [0.05, 0.1) is 17.7 Å². The van der Waals surface area contributed by atoms with Crippen molar-refractivity contribution in [2.75, 3.05) is 12.3 Å². The van der Waals surface area contributed by atoms with Gasteiger partial charge in [0.25, 0.3) is 0 Å². The Morgan fingerprint density at radius 2 is 2.25 bits per heavy atom. The number of aromatic amines is 1. The van der Waals surface area contributed by atoms with Crippen LogP contribution in [0.15, 0.2) is 30.5 Å². The van der Waals surface area contributed by atoms with E-state index in [0.717, 1.165) is 24.1 Å². The lowest BCUT2D eigenvalue weighted by atomic mass is 9.85. The van der Waals surface area contributed by atoms with Crippen molar-refractivity contribution >= 4 is 17.5 Å². The van der Waals surface area contributed by atoms with Crippen LogP contribution in [-0.2, 0) is 5.41 Å². The highest BCUT2D eigenvalue weighted by Crippen LogP contribution is 2.36. The highest BCUT2D eigenvalue weighted by atomic mass is 35.5. The molecule has 0 aromatic carbocycles. The van der Waals surface area contributed by atoms with Gasteiger partial charge < -0.3 is 15.8 Å². The summed E-state index contributed by atoms with van der Waals surface area (Å²) >= 11 is 5.90. The summed E-state index contributed by atoms with van der Waals surface area (Å²) in [7, 11) is 0. The van der Waals surface area contributed by atoms with Crippen LogP contribution in [0.4, 0.5) is 5.95 Å². The summed E-state index contributed by atoms with van der Waals surface area (Å²) in [6, 6.07) is 3.64. The van der Waals surface area contributed by atoms with Gasteiger partial charge in [0.15, 0.2) is 0 Å². The lowest BCUT2D eigenvalue weighted by Crippen LogP contribution is -2.25. The van der Waals surface area contributed by atoms with Crippen molar-refractivity contribution in [1.82, 2.24) is 15.0 Å². The molecule has 1 unspecified atom stereocenters. The van der Waals surface area contributed by atoms with E-state index in [-0.39, 0.29) is 18.0 Å². The van der Waals surface area contributed by atoms with Gasteiger partial charge in [-0.15, -0.1) is 0 Å². The summed E-state index contributed by atoms with van der Waals surface area (Å²) < 4.78 is 0. The third kappa shape index (κ3) is 2.19. The second-order valence-electron chi connectivity index (χ2n) is 4.99. The fraction of sp³-hybridized carbons (Fsp3) is 0.286. The number of hydrogen-bond acceptors (Lipinski definition) is 4. The van der Waals surface area contributed by atoms with Gasteiger partial charge >= 0.3 is 0 Å². The fourth-order valence-electron chi connectivity index (χ4n) is 2.59. The first kappa shape index (κ1) is 13.1. The molecule has 0 bridgehead atoms. The zero-order valence-electron chi connectivity index (χ0n) is 10.8. The Morgan fingerprint density at radius 1 is 1.40 bits per heavy atom. The number of nitrogens with one attached hydrogen (secondary N) is 1. The molecular formula is C14H15ClN4O. The number of nitrogens with two attached hydrogens (primary N) is 1. The van der Waals surface area contributed by atoms with E-state index in [1.165, 1.54) is 0 Å². The van der Waals surface area contributed by atoms with E-state index in [9.17, 15) is 5.11 Å². The van der Waals surface area contributed by atoms with Crippen LogP contribution in [0.2, 0.25) is 5.15 Å². The maximum Gasteiger partial charge on any atom is 0.221 e. The zero-order valence-corrected chi connectivity index (χ0v) is 11.6. The van der Waals surface area contributed by atoms with E-state index in [1.807, 2.05) is 12.3 Å². The number of aliphatic hydroxyl groups excluding tert-OH is 1. The zero-order chi connectivity index (χ0) is 14.2. The summed E-state index contributed by atoms with van der Waals surface area (Å²) in [4.78, 5) is 11.2. The Balaban J connectivity index is 2.00. The monoisotopic (exact) mass is 290 g/mol. The number of allylic oxidation sites excluding steroid dienone is 1. The Kier molecular flexibility index (Phi) is 3.23. The molecule has 2 aromatic rings. The molecule has 104 valence electrons. The molecule has 1 aliphatic rings. The van der Waals surface area contributed by atoms with Crippen molar-refractivity contribution in [3.63, 3.8) is 0 Å². The van der Waals surface area contributed by atoms with E-state index in [1.54, 1.807) is 6.07 Å². The Bertz CT molecular complexity index is 647. The normalized spacial score (nSPS) is 21.5. The van der Waals surface area contributed by atoms with Crippen molar-refractivity contribution in [3.05, 3.63) is 41.3 Å². The molecule has 5 nitrogen and oxygen atoms in total. The van der Waals surface area contributed by atoms with Gasteiger partial charge in [-0.25, -0.2) is 9.97 Å². The van der Waals surface area contributed by atoms with Gasteiger partial charge in [-0.3, -0.25) is 0 Å². The summed E-state index contributed by atoms with van der Waals surface area (Å²) in [5.74, 6) is 0.146. The third-order valence-corrected chi connectivity index (χ3v) is 3.90. The second kappa shape index (κ2) is 4.92. The van der Waals surface area contributed by atoms with Gasteiger partial charge in [0.1, 0.15) is 5.15 Å². The van der Waals surface area contributed by atoms with Gasteiger partial charge in [-0.1, -0.05) is 23.8 Å². The molecule has 1 aliphatic carbocycles. The molecule has 6 heteroatoms. The number of aromatic nitrogens is 3. The Morgan fingerprint density at radius 3 is 2.90 bits per heavy atom. The molecule has 2 aromatic heterocycles. The minimum atomic E-state index is -0.319. The molecule has 20 heavy (non-hydrogen) atoms. The quantitative estimate of drug-likeness (QED) is 0.598. The standard InChI is InChI=1S/C14H15ClN4O/c15-12-6-10(18-13(16)19-12)9-5-11(17-7-9)14(8-20)3-1-2-4-14/h1,3,5-7,17,20H,2,4,8H2,(H2,16,18,19). The molecule has 0 fully saturated rings. The minimum Gasteiger partial charge on any atom is -0.395 e. The summed E-state index contributed by atoms with van der Waals surface area (Å²) in [6.45, 7) is 0.0795. The molecule has 0 saturated carbocycles. The largest absolute Gasteiger partial charge is 0.395 e. The molecule has 2 heterocycles. The first-order valence-corrected chi connectivity index (χ1v) is 6.79. The lowest BCUT2D eigenvalue weighted by Gasteiger charge is -2.23. The molecule has 0 radical (unpaired) electrons. The van der Waals surface area contributed by atoms with Crippen molar-refractivity contribution in [1.29, 1.82) is 0 Å². The van der Waals surface area contributed by atoms with Crippen LogP contribution in [0.5, 0.6) is 0 Å². The smallest absolute Gasteiger partial charge is 0.221 e. The molecule has 4 N–H and O–H groups in total. The first-order valence-electron chi connectivity index (χ1n) is 6.41. The minimum absolute atomic E-state index is 0.0795. The van der Waals surface area contributed by atoms with Crippen LogP contribution in [-0.4, -0.2) is 26.7 Å². The molecule has 0 aliphatic heterocycles. The number of hydrogen-bond donors (Lipinski definition) is 3. The number of H-pyrrole nitrogens is 1. The predicted octanol–water partition coefficient (Wildman–Crippen LogP) is 2.29. The van der Waals surface area contributed by atoms with Gasteiger partial charge in [-0.2, -0.15) is 0 Å². The van der Waals surface area contributed by atoms with Crippen LogP contribution in [0.25, 0.3) is 11.3 Å². The van der Waals surface area contributed by atoms with Crippen LogP contribution < -0.4 is 5.73 Å². The van der Waals surface area contributed by atoms with E-state index >= 15 is 0 Å². The number of rotatable bonds is 3. The maximum atomic E-state index is 9.70. The Hall–Kier alpha value is -1.85. The summed E-state index contributed by atoms with van der Waals surface area (Å²) in [5, 5.41) is 10.0. The SMILES string of the molecule is Nc1nc(Cl)cc(-c2c[nH]c(C3(CO)C=CCC3)c2)n1. The van der Waals surface area contributed by atoms with Gasteiger partial charge in [0, 0.05) is 23.5 Å². The van der Waals surface area contributed by atoms with E-state index in [4.69, 9.17) is 17.3 Å². The van der Waals surface area contributed by atoms with Crippen LogP contribution in [0, 0.1) is 0 Å². The summed E-state index contributed by atoms with van der Waals surface area (Å²) in [6.07, 6.45) is 7.87. The summed E-state index contributed by atoms with van der Waals surface area (Å²) in [5.41, 5.74) is 7.81. The van der Waals surface area contributed by atoms with Crippen molar-refractivity contribution in [2.24, 2.45) is 0 Å². The molecule has 1 atom stereocenters. The number of aliphatic hydroxyl groups is 1. The molecule has 0 amide bonds. The second-order valence-corrected chi connectivity index (χ2v) is 5.38. The number of nitrogen functional groups attached to an aromatic ring is 1. The van der Waals surface area contributed by atoms with Crippen molar-refractivity contribution in [3.8, 4) is 11.3 Å².